The lowest BCUT2D eigenvalue weighted by atomic mass is 9.89. The van der Waals surface area contributed by atoms with Crippen molar-refractivity contribution in [2.45, 2.75) is 52.6 Å². The Hall–Kier alpha value is -2.02. The molecule has 2 N–H and O–H groups in total. The van der Waals surface area contributed by atoms with Crippen LogP contribution in [0.4, 0.5) is 0 Å². The molecule has 0 aliphatic carbocycles. The molecule has 2 heterocycles. The van der Waals surface area contributed by atoms with Crippen molar-refractivity contribution in [1.82, 2.24) is 10.6 Å². The van der Waals surface area contributed by atoms with Gasteiger partial charge in [-0.05, 0) is 41.6 Å². The summed E-state index contributed by atoms with van der Waals surface area (Å²) in [6.07, 6.45) is 0. The Bertz CT molecular complexity index is 822. The quantitative estimate of drug-likeness (QED) is 0.765. The third-order valence-corrected chi connectivity index (χ3v) is 6.68. The Morgan fingerprint density at radius 2 is 1.22 bits per heavy atom. The lowest BCUT2D eigenvalue weighted by Crippen LogP contribution is -2.41. The van der Waals surface area contributed by atoms with Crippen molar-refractivity contribution in [3.8, 4) is 0 Å². The number of hydrogen-bond acceptors (Lipinski definition) is 4. The van der Waals surface area contributed by atoms with E-state index in [4.69, 9.17) is 0 Å². The number of amides is 2. The molecule has 0 unspecified atom stereocenters. The van der Waals surface area contributed by atoms with Crippen LogP contribution in [0.5, 0.6) is 0 Å². The first-order valence-corrected chi connectivity index (χ1v) is 9.92. The van der Waals surface area contributed by atoms with Gasteiger partial charge in [-0.3, -0.25) is 19.6 Å². The van der Waals surface area contributed by atoms with Gasteiger partial charge in [0.05, 0.1) is 0 Å². The molecule has 7 heteroatoms. The fourth-order valence-electron chi connectivity index (χ4n) is 3.03. The van der Waals surface area contributed by atoms with Crippen molar-refractivity contribution < 1.29 is 9.59 Å². The van der Waals surface area contributed by atoms with E-state index >= 15 is 0 Å². The molecule has 0 saturated carbocycles. The molecule has 2 aliphatic heterocycles. The minimum absolute atomic E-state index is 0.0715. The number of carbonyl (C=O) groups excluding carboxylic acids is 2. The number of amidine groups is 2. The summed E-state index contributed by atoms with van der Waals surface area (Å²) in [5.41, 5.74) is -0.0548. The first-order chi connectivity index (χ1) is 12.5. The van der Waals surface area contributed by atoms with Crippen LogP contribution >= 0.6 is 15.9 Å². The topological polar surface area (TPSA) is 82.9 Å². The molecule has 144 valence electrons. The van der Waals surface area contributed by atoms with E-state index in [1.54, 1.807) is 0 Å². The van der Waals surface area contributed by atoms with E-state index < -0.39 is 11.1 Å². The van der Waals surface area contributed by atoms with Crippen LogP contribution in [0.3, 0.4) is 0 Å². The molecule has 2 aliphatic rings. The predicted octanol–water partition coefficient (Wildman–Crippen LogP) is 3.03. The van der Waals surface area contributed by atoms with E-state index in [-0.39, 0.29) is 23.7 Å². The van der Waals surface area contributed by atoms with E-state index in [1.807, 2.05) is 59.7 Å². The average Bonchev–Trinajstić information content (AvgIpc) is 3.06. The van der Waals surface area contributed by atoms with Crippen LogP contribution in [-0.4, -0.2) is 34.6 Å². The second-order valence-corrected chi connectivity index (χ2v) is 8.89. The van der Waals surface area contributed by atoms with Gasteiger partial charge in [0.25, 0.3) is 11.8 Å². The van der Waals surface area contributed by atoms with Gasteiger partial charge in [-0.15, -0.1) is 0 Å². The summed E-state index contributed by atoms with van der Waals surface area (Å²) in [6, 6.07) is 5.64. The fourth-order valence-corrected chi connectivity index (χ4v) is 3.67. The normalized spacial score (nSPS) is 27.7. The van der Waals surface area contributed by atoms with Gasteiger partial charge in [-0.2, -0.15) is 0 Å². The second kappa shape index (κ2) is 6.55. The zero-order valence-corrected chi connectivity index (χ0v) is 18.1. The number of nitrogens with zero attached hydrogens (tertiary/aromatic N) is 2. The molecule has 1 aromatic carbocycles. The van der Waals surface area contributed by atoms with E-state index in [0.717, 1.165) is 15.6 Å². The molecule has 6 nitrogen and oxygen atoms in total. The van der Waals surface area contributed by atoms with Crippen molar-refractivity contribution in [2.75, 3.05) is 0 Å². The van der Waals surface area contributed by atoms with Crippen LogP contribution in [0.2, 0.25) is 0 Å². The van der Waals surface area contributed by atoms with Gasteiger partial charge in [0.15, 0.2) is 0 Å². The molecule has 0 spiro atoms. The van der Waals surface area contributed by atoms with Crippen molar-refractivity contribution in [3.05, 3.63) is 33.8 Å². The van der Waals surface area contributed by atoms with Crippen LogP contribution in [0, 0.1) is 11.8 Å². The van der Waals surface area contributed by atoms with Crippen LogP contribution in [0.25, 0.3) is 0 Å². The Morgan fingerprint density at radius 3 is 1.52 bits per heavy atom. The number of halogens is 1. The molecule has 3 rings (SSSR count). The maximum absolute atomic E-state index is 12.5. The highest BCUT2D eigenvalue weighted by Gasteiger charge is 2.44. The van der Waals surface area contributed by atoms with E-state index in [2.05, 4.69) is 36.5 Å². The monoisotopic (exact) mass is 432 g/mol. The first kappa shape index (κ1) is 19.7. The summed E-state index contributed by atoms with van der Waals surface area (Å²) in [5, 5.41) is 5.80. The average molecular weight is 433 g/mol. The molecular formula is C20H25BrN4O2. The minimum Gasteiger partial charge on any atom is -0.308 e. The minimum atomic E-state index is -0.792. The predicted molar refractivity (Wildman–Crippen MR) is 110 cm³/mol. The standard InChI is InChI=1S/C20H25BrN4O2/c1-10(2)19(5)17(26)22-15(24-19)12-8-7-9-13(14(12)21)16-23-18(27)20(6,25-16)11(3)4/h7-11H,1-6H3,(H,22,24,26)(H,23,25,27)/t19-,20-/m1/s1. The highest BCUT2D eigenvalue weighted by Crippen LogP contribution is 2.32. The van der Waals surface area contributed by atoms with Gasteiger partial charge < -0.3 is 10.6 Å². The highest BCUT2D eigenvalue weighted by molar-refractivity contribution is 9.10. The molecule has 2 atom stereocenters. The SMILES string of the molecule is CC(C)[C@@]1(C)N=C(c2cccc(C3=N[C@](C)(C(C)C)C(=O)N3)c2Br)NC1=O. The second-order valence-electron chi connectivity index (χ2n) is 8.10. The number of benzene rings is 1. The maximum Gasteiger partial charge on any atom is 0.253 e. The molecule has 0 fully saturated rings. The third kappa shape index (κ3) is 3.02. The van der Waals surface area contributed by atoms with Gasteiger partial charge in [0, 0.05) is 15.6 Å². The molecule has 27 heavy (non-hydrogen) atoms. The Balaban J connectivity index is 2.05. The number of aliphatic imine (C=N–C) groups is 2. The summed E-state index contributed by atoms with van der Waals surface area (Å²) >= 11 is 3.63. The van der Waals surface area contributed by atoms with Gasteiger partial charge in [-0.25, -0.2) is 0 Å². The zero-order valence-electron chi connectivity index (χ0n) is 16.5. The van der Waals surface area contributed by atoms with Crippen LogP contribution in [-0.2, 0) is 9.59 Å². The Kier molecular flexibility index (Phi) is 4.78. The van der Waals surface area contributed by atoms with Crippen molar-refractivity contribution in [1.29, 1.82) is 0 Å². The lowest BCUT2D eigenvalue weighted by molar-refractivity contribution is -0.125. The van der Waals surface area contributed by atoms with Crippen molar-refractivity contribution in [2.24, 2.45) is 21.8 Å². The van der Waals surface area contributed by atoms with Gasteiger partial charge in [-0.1, -0.05) is 45.9 Å². The smallest absolute Gasteiger partial charge is 0.253 e. The summed E-state index contributed by atoms with van der Waals surface area (Å²) in [7, 11) is 0. The summed E-state index contributed by atoms with van der Waals surface area (Å²) < 4.78 is 0.740. The fraction of sp³-hybridized carbons (Fsp3) is 0.500. The molecule has 0 radical (unpaired) electrons. The molecule has 2 amide bonds. The molecule has 0 aromatic heterocycles. The molecule has 1 aromatic rings. The van der Waals surface area contributed by atoms with E-state index in [0.29, 0.717) is 11.7 Å². The van der Waals surface area contributed by atoms with Gasteiger partial charge >= 0.3 is 0 Å². The summed E-state index contributed by atoms with van der Waals surface area (Å²) in [6.45, 7) is 11.6. The summed E-state index contributed by atoms with van der Waals surface area (Å²) in [5.74, 6) is 0.986. The lowest BCUT2D eigenvalue weighted by Gasteiger charge is -2.21. The van der Waals surface area contributed by atoms with E-state index in [1.165, 1.54) is 0 Å². The largest absolute Gasteiger partial charge is 0.308 e. The number of hydrogen-bond donors (Lipinski definition) is 2. The van der Waals surface area contributed by atoms with Crippen LogP contribution < -0.4 is 10.6 Å². The van der Waals surface area contributed by atoms with E-state index in [9.17, 15) is 9.59 Å². The van der Waals surface area contributed by atoms with Crippen molar-refractivity contribution in [3.63, 3.8) is 0 Å². The number of rotatable bonds is 4. The molecular weight excluding hydrogens is 408 g/mol. The van der Waals surface area contributed by atoms with Crippen LogP contribution in [0.1, 0.15) is 52.7 Å². The summed E-state index contributed by atoms with van der Waals surface area (Å²) in [4.78, 5) is 34.2. The third-order valence-electron chi connectivity index (χ3n) is 5.83. The first-order valence-electron chi connectivity index (χ1n) is 9.12. The molecule has 0 bridgehead atoms. The van der Waals surface area contributed by atoms with Crippen molar-refractivity contribution >= 4 is 39.4 Å². The van der Waals surface area contributed by atoms with Gasteiger partial charge in [0.1, 0.15) is 22.7 Å². The maximum atomic E-state index is 12.5. The highest BCUT2D eigenvalue weighted by atomic mass is 79.9. The number of nitrogens with one attached hydrogen (secondary N) is 2. The Morgan fingerprint density at radius 1 is 0.852 bits per heavy atom. The zero-order chi connectivity index (χ0) is 20.1. The van der Waals surface area contributed by atoms with Gasteiger partial charge in [0.2, 0.25) is 0 Å². The Labute approximate surface area is 168 Å². The van der Waals surface area contributed by atoms with Crippen LogP contribution in [0.15, 0.2) is 32.7 Å². The molecule has 0 saturated heterocycles. The number of carbonyl (C=O) groups is 2.